The Hall–Kier alpha value is -1.15. The fraction of sp³-hybridized carbons (Fsp3) is 0.500. The third-order valence-corrected chi connectivity index (χ3v) is 3.10. The first kappa shape index (κ1) is 11.3. The molecule has 0 spiro atoms. The first-order chi connectivity index (χ1) is 7.92. The Morgan fingerprint density at radius 3 is 3.12 bits per heavy atom. The van der Waals surface area contributed by atoms with Gasteiger partial charge in [0.2, 0.25) is 0 Å². The van der Waals surface area contributed by atoms with E-state index in [1.807, 2.05) is 0 Å². The summed E-state index contributed by atoms with van der Waals surface area (Å²) in [7, 11) is 0. The van der Waals surface area contributed by atoms with E-state index in [0.29, 0.717) is 13.0 Å². The molecule has 0 N–H and O–H groups in total. The molecule has 0 aliphatic heterocycles. The second kappa shape index (κ2) is 5.80. The van der Waals surface area contributed by atoms with Crippen molar-refractivity contribution in [2.45, 2.75) is 38.2 Å². The molecule has 0 saturated carbocycles. The number of benzene rings is 1. The van der Waals surface area contributed by atoms with Crippen LogP contribution in [0.15, 0.2) is 24.3 Å². The normalized spacial score (nSPS) is 19.1. The number of aldehydes is 1. The topological polar surface area (TPSA) is 26.3 Å². The van der Waals surface area contributed by atoms with Crippen LogP contribution in [0, 0.1) is 0 Å². The fourth-order valence-electron chi connectivity index (χ4n) is 2.27. The molecule has 0 fully saturated rings. The first-order valence-electron chi connectivity index (χ1n) is 6.05. The number of carbonyl (C=O) groups excluding carboxylic acids is 1. The minimum absolute atomic E-state index is 0.247. The van der Waals surface area contributed by atoms with E-state index in [0.717, 1.165) is 19.1 Å². The Labute approximate surface area is 96.6 Å². The molecule has 0 bridgehead atoms. The van der Waals surface area contributed by atoms with Crippen molar-refractivity contribution in [3.63, 3.8) is 0 Å². The maximum Gasteiger partial charge on any atom is 0.120 e. The van der Waals surface area contributed by atoms with Crippen LogP contribution in [0.3, 0.4) is 0 Å². The van der Waals surface area contributed by atoms with Crippen molar-refractivity contribution in [2.24, 2.45) is 0 Å². The number of hydrogen-bond acceptors (Lipinski definition) is 2. The molecule has 0 amide bonds. The van der Waals surface area contributed by atoms with Gasteiger partial charge in [-0.25, -0.2) is 0 Å². The second-order valence-electron chi connectivity index (χ2n) is 4.26. The predicted octanol–water partition coefficient (Wildman–Crippen LogP) is 3.06. The minimum atomic E-state index is 0.247. The molecule has 16 heavy (non-hydrogen) atoms. The van der Waals surface area contributed by atoms with E-state index in [2.05, 4.69) is 24.3 Å². The van der Waals surface area contributed by atoms with Gasteiger partial charge in [0.05, 0.1) is 6.10 Å². The number of hydrogen-bond donors (Lipinski definition) is 0. The molecule has 2 rings (SSSR count). The van der Waals surface area contributed by atoms with Crippen LogP contribution in [-0.4, -0.2) is 12.9 Å². The highest BCUT2D eigenvalue weighted by atomic mass is 16.5. The maximum absolute atomic E-state index is 10.2. The van der Waals surface area contributed by atoms with Crippen LogP contribution in [-0.2, 0) is 16.0 Å². The highest BCUT2D eigenvalue weighted by Crippen LogP contribution is 2.32. The molecule has 1 aliphatic rings. The molecule has 0 radical (unpaired) electrons. The average molecular weight is 218 g/mol. The molecule has 1 aromatic carbocycles. The molecule has 0 saturated heterocycles. The number of ether oxygens (including phenoxy) is 1. The van der Waals surface area contributed by atoms with Gasteiger partial charge in [-0.15, -0.1) is 0 Å². The van der Waals surface area contributed by atoms with E-state index < -0.39 is 0 Å². The number of rotatable bonds is 5. The maximum atomic E-state index is 10.2. The number of carbonyl (C=O) groups is 1. The van der Waals surface area contributed by atoms with Gasteiger partial charge in [0.15, 0.2) is 0 Å². The Balaban J connectivity index is 1.93. The van der Waals surface area contributed by atoms with Crippen LogP contribution in [0.2, 0.25) is 0 Å². The molecule has 86 valence electrons. The fourth-order valence-corrected chi connectivity index (χ4v) is 2.27. The third-order valence-electron chi connectivity index (χ3n) is 3.10. The zero-order valence-corrected chi connectivity index (χ0v) is 9.52. The molecular weight excluding hydrogens is 200 g/mol. The monoisotopic (exact) mass is 218 g/mol. The van der Waals surface area contributed by atoms with Crippen LogP contribution in [0.5, 0.6) is 0 Å². The minimum Gasteiger partial charge on any atom is -0.374 e. The Morgan fingerprint density at radius 1 is 1.38 bits per heavy atom. The van der Waals surface area contributed by atoms with Crippen LogP contribution >= 0.6 is 0 Å². The lowest BCUT2D eigenvalue weighted by Crippen LogP contribution is -2.13. The van der Waals surface area contributed by atoms with Crippen LogP contribution in [0.4, 0.5) is 0 Å². The van der Waals surface area contributed by atoms with Crippen molar-refractivity contribution in [1.29, 1.82) is 0 Å². The van der Waals surface area contributed by atoms with Gasteiger partial charge in [-0.05, 0) is 36.8 Å². The van der Waals surface area contributed by atoms with E-state index in [4.69, 9.17) is 4.74 Å². The SMILES string of the molecule is O=CCCCOC1CCCc2ccccc21. The van der Waals surface area contributed by atoms with Gasteiger partial charge in [0, 0.05) is 13.0 Å². The standard InChI is InChI=1S/C14H18O2/c15-10-3-4-11-16-14-9-5-7-12-6-1-2-8-13(12)14/h1-2,6,8,10,14H,3-5,7,9,11H2. The van der Waals surface area contributed by atoms with E-state index in [9.17, 15) is 4.79 Å². The summed E-state index contributed by atoms with van der Waals surface area (Å²) in [6, 6.07) is 8.52. The predicted molar refractivity (Wildman–Crippen MR) is 63.4 cm³/mol. The Kier molecular flexibility index (Phi) is 4.11. The number of aryl methyl sites for hydroxylation is 1. The van der Waals surface area contributed by atoms with E-state index in [1.165, 1.54) is 24.0 Å². The Bertz CT molecular complexity index is 346. The summed E-state index contributed by atoms with van der Waals surface area (Å²) in [5.74, 6) is 0. The molecule has 1 atom stereocenters. The van der Waals surface area contributed by atoms with Gasteiger partial charge in [-0.3, -0.25) is 0 Å². The zero-order chi connectivity index (χ0) is 11.2. The lowest BCUT2D eigenvalue weighted by molar-refractivity contribution is -0.108. The summed E-state index contributed by atoms with van der Waals surface area (Å²) in [5, 5.41) is 0. The van der Waals surface area contributed by atoms with Crippen molar-refractivity contribution in [2.75, 3.05) is 6.61 Å². The van der Waals surface area contributed by atoms with Crippen molar-refractivity contribution < 1.29 is 9.53 Å². The van der Waals surface area contributed by atoms with Crippen molar-refractivity contribution in [3.8, 4) is 0 Å². The highest BCUT2D eigenvalue weighted by Gasteiger charge is 2.19. The van der Waals surface area contributed by atoms with E-state index in [-0.39, 0.29) is 6.10 Å². The lowest BCUT2D eigenvalue weighted by atomic mass is 9.89. The second-order valence-corrected chi connectivity index (χ2v) is 4.26. The molecular formula is C14H18O2. The highest BCUT2D eigenvalue weighted by molar-refractivity contribution is 5.48. The van der Waals surface area contributed by atoms with Crippen LogP contribution < -0.4 is 0 Å². The average Bonchev–Trinajstić information content (AvgIpc) is 2.35. The molecule has 1 aromatic rings. The molecule has 0 aromatic heterocycles. The molecule has 2 heteroatoms. The van der Waals surface area contributed by atoms with Gasteiger partial charge in [0.25, 0.3) is 0 Å². The Morgan fingerprint density at radius 2 is 2.25 bits per heavy atom. The van der Waals surface area contributed by atoms with Gasteiger partial charge in [0.1, 0.15) is 6.29 Å². The van der Waals surface area contributed by atoms with Crippen LogP contribution in [0.25, 0.3) is 0 Å². The van der Waals surface area contributed by atoms with Crippen molar-refractivity contribution >= 4 is 6.29 Å². The number of fused-ring (bicyclic) bond motifs is 1. The molecule has 1 aliphatic carbocycles. The quantitative estimate of drug-likeness (QED) is 0.561. The molecule has 2 nitrogen and oxygen atoms in total. The third kappa shape index (κ3) is 2.70. The smallest absolute Gasteiger partial charge is 0.120 e. The van der Waals surface area contributed by atoms with Crippen molar-refractivity contribution in [3.05, 3.63) is 35.4 Å². The summed E-state index contributed by atoms with van der Waals surface area (Å²) in [4.78, 5) is 10.2. The van der Waals surface area contributed by atoms with Gasteiger partial charge in [-0.2, -0.15) is 0 Å². The zero-order valence-electron chi connectivity index (χ0n) is 9.52. The van der Waals surface area contributed by atoms with Gasteiger partial charge < -0.3 is 9.53 Å². The first-order valence-corrected chi connectivity index (χ1v) is 6.05. The number of unbranched alkanes of at least 4 members (excludes halogenated alkanes) is 1. The van der Waals surface area contributed by atoms with E-state index >= 15 is 0 Å². The summed E-state index contributed by atoms with van der Waals surface area (Å²) in [5.41, 5.74) is 2.77. The molecule has 0 heterocycles. The van der Waals surface area contributed by atoms with Crippen molar-refractivity contribution in [1.82, 2.24) is 0 Å². The van der Waals surface area contributed by atoms with Crippen LogP contribution in [0.1, 0.15) is 42.9 Å². The largest absolute Gasteiger partial charge is 0.374 e. The molecule has 1 unspecified atom stereocenters. The lowest BCUT2D eigenvalue weighted by Gasteiger charge is -2.25. The summed E-state index contributed by atoms with van der Waals surface area (Å²) >= 11 is 0. The summed E-state index contributed by atoms with van der Waals surface area (Å²) < 4.78 is 5.85. The van der Waals surface area contributed by atoms with Gasteiger partial charge in [-0.1, -0.05) is 24.3 Å². The van der Waals surface area contributed by atoms with Gasteiger partial charge >= 0.3 is 0 Å². The summed E-state index contributed by atoms with van der Waals surface area (Å²) in [6.45, 7) is 0.692. The summed E-state index contributed by atoms with van der Waals surface area (Å²) in [6.07, 6.45) is 6.13. The van der Waals surface area contributed by atoms with E-state index in [1.54, 1.807) is 0 Å².